The van der Waals surface area contributed by atoms with E-state index in [0.29, 0.717) is 12.8 Å². The lowest BCUT2D eigenvalue weighted by atomic mass is 9.99. The fraction of sp³-hybridized carbons (Fsp3) is 0.691. The first-order valence-corrected chi connectivity index (χ1v) is 25.5. The number of ether oxygens (including phenoxy) is 2. The molecule has 0 aromatic rings. The summed E-state index contributed by atoms with van der Waals surface area (Å²) in [5, 5.41) is 54.3. The Balaban J connectivity index is 2.35. The minimum Gasteiger partial charge on any atom is -0.394 e. The molecule has 9 nitrogen and oxygen atoms in total. The van der Waals surface area contributed by atoms with Crippen LogP contribution in [0.2, 0.25) is 0 Å². The second-order valence-electron chi connectivity index (χ2n) is 17.2. The number of unbranched alkanes of at least 4 members (excludes halogenated alkanes) is 17. The van der Waals surface area contributed by atoms with Gasteiger partial charge in [0.25, 0.3) is 0 Å². The van der Waals surface area contributed by atoms with Gasteiger partial charge in [-0.1, -0.05) is 201 Å². The third-order valence-electron chi connectivity index (χ3n) is 11.4. The molecular formula is C55H93NO8. The van der Waals surface area contributed by atoms with Gasteiger partial charge in [-0.05, 0) is 77.0 Å². The Bertz CT molecular complexity index is 1320. The lowest BCUT2D eigenvalue weighted by molar-refractivity contribution is -0.302. The van der Waals surface area contributed by atoms with Crippen molar-refractivity contribution in [3.05, 3.63) is 97.2 Å². The van der Waals surface area contributed by atoms with E-state index >= 15 is 0 Å². The summed E-state index contributed by atoms with van der Waals surface area (Å²) in [7, 11) is 0. The third kappa shape index (κ3) is 33.6. The molecule has 0 aliphatic carbocycles. The number of carbonyl (C=O) groups is 1. The zero-order chi connectivity index (χ0) is 46.6. The predicted octanol–water partition coefficient (Wildman–Crippen LogP) is 11.7. The van der Waals surface area contributed by atoms with Gasteiger partial charge in [-0.3, -0.25) is 4.79 Å². The molecule has 64 heavy (non-hydrogen) atoms. The standard InChI is InChI=1S/C55H93NO8/c1-3-5-7-9-11-13-15-17-19-21-22-23-24-25-26-27-28-29-31-33-35-37-39-41-43-45-51(59)56-48(47-63-55-54(62)53(61)52(60)50(46-57)64-55)49(58)44-42-40-38-36-34-32-30-20-18-16-14-12-10-8-6-4-2/h5,7,11,13,17,19,22-23,25-26,28-29,33,35,42,44,48-50,52-55,57-58,60-62H,3-4,6,8-10,12,14-16,18,20-21,24,27,30-32,34,36-41,43,45-47H2,1-2H3,(H,56,59)/b7-5-,13-11-,19-17-,23-22-,26-25-,29-28-,35-33-,44-42+. The van der Waals surface area contributed by atoms with Crippen molar-refractivity contribution in [2.24, 2.45) is 0 Å². The van der Waals surface area contributed by atoms with Gasteiger partial charge >= 0.3 is 0 Å². The summed E-state index contributed by atoms with van der Waals surface area (Å²) in [5.41, 5.74) is 0. The summed E-state index contributed by atoms with van der Waals surface area (Å²) in [6.07, 6.45) is 55.9. The minimum atomic E-state index is -1.58. The van der Waals surface area contributed by atoms with E-state index in [9.17, 15) is 30.3 Å². The Morgan fingerprint density at radius 3 is 1.44 bits per heavy atom. The van der Waals surface area contributed by atoms with E-state index in [1.54, 1.807) is 6.08 Å². The topological polar surface area (TPSA) is 149 Å². The average molecular weight is 896 g/mol. The molecule has 1 amide bonds. The van der Waals surface area contributed by atoms with Gasteiger partial charge in [0.15, 0.2) is 6.29 Å². The molecule has 366 valence electrons. The molecule has 0 bridgehead atoms. The van der Waals surface area contributed by atoms with Crippen molar-refractivity contribution >= 4 is 5.91 Å². The van der Waals surface area contributed by atoms with E-state index in [4.69, 9.17) is 9.47 Å². The number of amides is 1. The van der Waals surface area contributed by atoms with Crippen LogP contribution in [0.25, 0.3) is 0 Å². The molecule has 1 aliphatic rings. The number of carbonyl (C=O) groups excluding carboxylic acids is 1. The number of nitrogens with one attached hydrogen (secondary N) is 1. The van der Waals surface area contributed by atoms with Crippen LogP contribution in [0.3, 0.4) is 0 Å². The fourth-order valence-electron chi connectivity index (χ4n) is 7.37. The molecule has 1 fully saturated rings. The van der Waals surface area contributed by atoms with Crippen molar-refractivity contribution in [1.29, 1.82) is 0 Å². The Morgan fingerprint density at radius 1 is 0.547 bits per heavy atom. The van der Waals surface area contributed by atoms with Gasteiger partial charge in [-0.15, -0.1) is 0 Å². The minimum absolute atomic E-state index is 0.208. The highest BCUT2D eigenvalue weighted by Gasteiger charge is 2.44. The maximum Gasteiger partial charge on any atom is 0.220 e. The summed E-state index contributed by atoms with van der Waals surface area (Å²) < 4.78 is 11.2. The molecule has 0 aromatic heterocycles. The van der Waals surface area contributed by atoms with Gasteiger partial charge in [0.2, 0.25) is 5.91 Å². The van der Waals surface area contributed by atoms with Gasteiger partial charge in [-0.2, -0.15) is 0 Å². The van der Waals surface area contributed by atoms with Crippen LogP contribution in [-0.4, -0.2) is 87.5 Å². The highest BCUT2D eigenvalue weighted by atomic mass is 16.7. The Kier molecular flexibility index (Phi) is 40.6. The third-order valence-corrected chi connectivity index (χ3v) is 11.4. The molecule has 1 rings (SSSR count). The molecular weight excluding hydrogens is 803 g/mol. The Labute approximate surface area is 390 Å². The molecule has 9 heteroatoms. The zero-order valence-corrected chi connectivity index (χ0v) is 40.2. The molecule has 7 unspecified atom stereocenters. The largest absolute Gasteiger partial charge is 0.394 e. The van der Waals surface area contributed by atoms with Gasteiger partial charge in [0.1, 0.15) is 24.4 Å². The van der Waals surface area contributed by atoms with Crippen LogP contribution >= 0.6 is 0 Å². The Hall–Kier alpha value is -2.89. The molecule has 1 heterocycles. The van der Waals surface area contributed by atoms with Gasteiger partial charge in [0, 0.05) is 6.42 Å². The number of aliphatic hydroxyl groups excluding tert-OH is 5. The van der Waals surface area contributed by atoms with Crippen LogP contribution < -0.4 is 5.32 Å². The second-order valence-corrected chi connectivity index (χ2v) is 17.2. The predicted molar refractivity (Wildman–Crippen MR) is 267 cm³/mol. The van der Waals surface area contributed by atoms with E-state index in [1.165, 1.54) is 77.0 Å². The number of hydrogen-bond donors (Lipinski definition) is 6. The molecule has 0 spiro atoms. The molecule has 1 aliphatic heterocycles. The monoisotopic (exact) mass is 896 g/mol. The maximum absolute atomic E-state index is 13.0. The van der Waals surface area contributed by atoms with Crippen molar-refractivity contribution in [3.8, 4) is 0 Å². The molecule has 1 saturated heterocycles. The van der Waals surface area contributed by atoms with Crippen LogP contribution in [-0.2, 0) is 14.3 Å². The number of hydrogen-bond acceptors (Lipinski definition) is 8. The molecule has 0 aromatic carbocycles. The highest BCUT2D eigenvalue weighted by molar-refractivity contribution is 5.76. The normalized spacial score (nSPS) is 20.9. The number of aliphatic hydroxyl groups is 5. The SMILES string of the molecule is CC/C=C\C/C=C\C/C=C\C/C=C\C/C=C\C/C=C\C/C=C\CCCCCC(=O)NC(COC1OC(CO)C(O)C(O)C1O)C(O)/C=C/CCCCCCCCCCCCCCCC. The van der Waals surface area contributed by atoms with Crippen molar-refractivity contribution < 1.29 is 39.8 Å². The van der Waals surface area contributed by atoms with Crippen molar-refractivity contribution in [3.63, 3.8) is 0 Å². The van der Waals surface area contributed by atoms with E-state index in [1.807, 2.05) is 6.08 Å². The smallest absolute Gasteiger partial charge is 0.220 e. The lowest BCUT2D eigenvalue weighted by Crippen LogP contribution is -2.60. The first-order valence-electron chi connectivity index (χ1n) is 25.5. The van der Waals surface area contributed by atoms with Crippen LogP contribution in [0, 0.1) is 0 Å². The quantitative estimate of drug-likeness (QED) is 0.0262. The fourth-order valence-corrected chi connectivity index (χ4v) is 7.37. The molecule has 0 saturated carbocycles. The van der Waals surface area contributed by atoms with Crippen LogP contribution in [0.1, 0.15) is 187 Å². The van der Waals surface area contributed by atoms with Crippen LogP contribution in [0.4, 0.5) is 0 Å². The summed E-state index contributed by atoms with van der Waals surface area (Å²) in [5.74, 6) is -0.213. The first-order chi connectivity index (χ1) is 31.3. The summed E-state index contributed by atoms with van der Waals surface area (Å²) in [6.45, 7) is 3.63. The Morgan fingerprint density at radius 2 is 0.969 bits per heavy atom. The van der Waals surface area contributed by atoms with Gasteiger partial charge < -0.3 is 40.3 Å². The first kappa shape index (κ1) is 59.1. The summed E-state index contributed by atoms with van der Waals surface area (Å²) in [4.78, 5) is 13.0. The van der Waals surface area contributed by atoms with Gasteiger partial charge in [0.05, 0.1) is 25.4 Å². The van der Waals surface area contributed by atoms with Crippen molar-refractivity contribution in [2.75, 3.05) is 13.2 Å². The van der Waals surface area contributed by atoms with Crippen molar-refractivity contribution in [1.82, 2.24) is 5.32 Å². The number of allylic oxidation sites excluding steroid dienone is 15. The van der Waals surface area contributed by atoms with E-state index in [0.717, 1.165) is 83.5 Å². The average Bonchev–Trinajstić information content (AvgIpc) is 3.29. The van der Waals surface area contributed by atoms with Crippen molar-refractivity contribution in [2.45, 2.75) is 230 Å². The maximum atomic E-state index is 13.0. The highest BCUT2D eigenvalue weighted by Crippen LogP contribution is 2.22. The van der Waals surface area contributed by atoms with Gasteiger partial charge in [-0.25, -0.2) is 0 Å². The van der Waals surface area contributed by atoms with E-state index in [-0.39, 0.29) is 12.5 Å². The summed E-state index contributed by atoms with van der Waals surface area (Å²) in [6, 6.07) is -0.829. The van der Waals surface area contributed by atoms with Crippen LogP contribution in [0.15, 0.2) is 97.2 Å². The lowest BCUT2D eigenvalue weighted by Gasteiger charge is -2.40. The molecule has 7 atom stereocenters. The van der Waals surface area contributed by atoms with E-state index < -0.39 is 49.5 Å². The second kappa shape index (κ2) is 44.0. The molecule has 6 N–H and O–H groups in total. The zero-order valence-electron chi connectivity index (χ0n) is 40.2. The summed E-state index contributed by atoms with van der Waals surface area (Å²) >= 11 is 0. The van der Waals surface area contributed by atoms with Crippen LogP contribution in [0.5, 0.6) is 0 Å². The molecule has 0 radical (unpaired) electrons. The number of rotatable bonds is 41. The van der Waals surface area contributed by atoms with E-state index in [2.05, 4.69) is 104 Å².